The van der Waals surface area contributed by atoms with E-state index in [-0.39, 0.29) is 12.5 Å². The van der Waals surface area contributed by atoms with Crippen LogP contribution in [0.15, 0.2) is 12.1 Å². The lowest BCUT2D eigenvalue weighted by molar-refractivity contribution is -0.141. The van der Waals surface area contributed by atoms with Crippen LogP contribution in [0.2, 0.25) is 0 Å². The van der Waals surface area contributed by atoms with Crippen LogP contribution in [-0.4, -0.2) is 35.5 Å². The number of carboxylic acids is 1. The zero-order valence-electron chi connectivity index (χ0n) is 11.4. The van der Waals surface area contributed by atoms with Crippen molar-refractivity contribution in [2.24, 2.45) is 0 Å². The topological polar surface area (TPSA) is 95.5 Å². The van der Waals surface area contributed by atoms with Gasteiger partial charge in [0.25, 0.3) is 5.91 Å². The Kier molecular flexibility index (Phi) is 6.17. The summed E-state index contributed by atoms with van der Waals surface area (Å²) in [6.07, 6.45) is 1.01. The Morgan fingerprint density at radius 3 is 2.55 bits per heavy atom. The first-order chi connectivity index (χ1) is 9.43. The molecule has 7 heteroatoms. The molecule has 0 aliphatic heterocycles. The second-order valence-electron chi connectivity index (χ2n) is 4.34. The molecule has 3 N–H and O–H groups in total. The summed E-state index contributed by atoms with van der Waals surface area (Å²) in [5.74, 6) is -1.91. The zero-order chi connectivity index (χ0) is 15.1. The Morgan fingerprint density at radius 1 is 1.35 bits per heavy atom. The molecule has 1 aromatic rings. The Labute approximate surface area is 121 Å². The molecule has 1 heterocycles. The van der Waals surface area contributed by atoms with Crippen molar-refractivity contribution in [3.63, 3.8) is 0 Å². The highest BCUT2D eigenvalue weighted by Gasteiger charge is 2.19. The number of rotatable bonds is 7. The maximum Gasteiger partial charge on any atom is 0.326 e. The average Bonchev–Trinajstić information content (AvgIpc) is 2.82. The van der Waals surface area contributed by atoms with Crippen molar-refractivity contribution in [2.75, 3.05) is 6.54 Å². The van der Waals surface area contributed by atoms with Crippen LogP contribution < -0.4 is 10.6 Å². The standard InChI is InChI=1S/C13H18N2O4S/c1-3-4-9(13(18)19)15-11(16)7-14-12(17)10-6-5-8(2)20-10/h5-6,9H,3-4,7H2,1-2H3,(H,14,17)(H,15,16)(H,18,19). The van der Waals surface area contributed by atoms with Crippen LogP contribution in [0.1, 0.15) is 34.3 Å². The summed E-state index contributed by atoms with van der Waals surface area (Å²) in [4.78, 5) is 35.7. The molecular formula is C13H18N2O4S. The van der Waals surface area contributed by atoms with Crippen molar-refractivity contribution < 1.29 is 19.5 Å². The second kappa shape index (κ2) is 7.64. The minimum atomic E-state index is -1.07. The summed E-state index contributed by atoms with van der Waals surface area (Å²) in [7, 11) is 0. The zero-order valence-corrected chi connectivity index (χ0v) is 12.3. The van der Waals surface area contributed by atoms with Gasteiger partial charge in [-0.3, -0.25) is 9.59 Å². The molecule has 0 saturated carbocycles. The van der Waals surface area contributed by atoms with Gasteiger partial charge >= 0.3 is 5.97 Å². The molecule has 1 unspecified atom stereocenters. The van der Waals surface area contributed by atoms with Crippen molar-refractivity contribution in [3.05, 3.63) is 21.9 Å². The van der Waals surface area contributed by atoms with Gasteiger partial charge in [-0.1, -0.05) is 13.3 Å². The number of amides is 2. The first-order valence-electron chi connectivity index (χ1n) is 6.30. The van der Waals surface area contributed by atoms with Crippen LogP contribution in [0, 0.1) is 6.92 Å². The van der Waals surface area contributed by atoms with Gasteiger partial charge in [-0.15, -0.1) is 11.3 Å². The predicted octanol–water partition coefficient (Wildman–Crippen LogP) is 1.16. The van der Waals surface area contributed by atoms with Gasteiger partial charge in [-0.05, 0) is 25.5 Å². The lowest BCUT2D eigenvalue weighted by Gasteiger charge is -2.13. The van der Waals surface area contributed by atoms with Crippen LogP contribution >= 0.6 is 11.3 Å². The lowest BCUT2D eigenvalue weighted by atomic mass is 10.1. The molecule has 1 atom stereocenters. The smallest absolute Gasteiger partial charge is 0.326 e. The van der Waals surface area contributed by atoms with Crippen molar-refractivity contribution in [2.45, 2.75) is 32.7 Å². The minimum absolute atomic E-state index is 0.233. The number of aryl methyl sites for hydroxylation is 1. The van der Waals surface area contributed by atoms with Crippen LogP contribution in [0.3, 0.4) is 0 Å². The van der Waals surface area contributed by atoms with Crippen LogP contribution in [-0.2, 0) is 9.59 Å². The number of thiophene rings is 1. The summed E-state index contributed by atoms with van der Waals surface area (Å²) in [6.45, 7) is 3.49. The monoisotopic (exact) mass is 298 g/mol. The normalized spacial score (nSPS) is 11.7. The van der Waals surface area contributed by atoms with Gasteiger partial charge in [0.2, 0.25) is 5.91 Å². The average molecular weight is 298 g/mol. The van der Waals surface area contributed by atoms with E-state index in [0.717, 1.165) is 4.88 Å². The predicted molar refractivity (Wildman–Crippen MR) is 75.9 cm³/mol. The van der Waals surface area contributed by atoms with Gasteiger partial charge in [-0.2, -0.15) is 0 Å². The minimum Gasteiger partial charge on any atom is -0.480 e. The lowest BCUT2D eigenvalue weighted by Crippen LogP contribution is -2.45. The third kappa shape index (κ3) is 5.00. The van der Waals surface area contributed by atoms with E-state index in [1.807, 2.05) is 19.9 Å². The van der Waals surface area contributed by atoms with E-state index in [2.05, 4.69) is 10.6 Å². The summed E-state index contributed by atoms with van der Waals surface area (Å²) in [5.41, 5.74) is 0. The van der Waals surface area contributed by atoms with E-state index >= 15 is 0 Å². The van der Waals surface area contributed by atoms with Crippen LogP contribution in [0.4, 0.5) is 0 Å². The quantitative estimate of drug-likeness (QED) is 0.704. The molecule has 0 fully saturated rings. The molecule has 0 aliphatic rings. The summed E-state index contributed by atoms with van der Waals surface area (Å²) >= 11 is 1.34. The Hall–Kier alpha value is -1.89. The molecule has 0 spiro atoms. The fourth-order valence-electron chi connectivity index (χ4n) is 1.60. The van der Waals surface area contributed by atoms with E-state index in [1.165, 1.54) is 11.3 Å². The molecule has 1 rings (SSSR count). The SMILES string of the molecule is CCCC(NC(=O)CNC(=O)c1ccc(C)s1)C(=O)O. The number of hydrogen-bond donors (Lipinski definition) is 3. The van der Waals surface area contributed by atoms with Gasteiger partial charge in [0.15, 0.2) is 0 Å². The maximum atomic E-state index is 11.7. The van der Waals surface area contributed by atoms with Crippen molar-refractivity contribution in [1.82, 2.24) is 10.6 Å². The van der Waals surface area contributed by atoms with Crippen molar-refractivity contribution in [1.29, 1.82) is 0 Å². The molecule has 0 radical (unpaired) electrons. The van der Waals surface area contributed by atoms with Gasteiger partial charge in [-0.25, -0.2) is 4.79 Å². The van der Waals surface area contributed by atoms with Crippen molar-refractivity contribution >= 4 is 29.1 Å². The number of hydrogen-bond acceptors (Lipinski definition) is 4. The number of carbonyl (C=O) groups is 3. The van der Waals surface area contributed by atoms with Crippen LogP contribution in [0.25, 0.3) is 0 Å². The highest BCUT2D eigenvalue weighted by atomic mass is 32.1. The molecule has 0 saturated heterocycles. The third-order valence-electron chi connectivity index (χ3n) is 2.58. The Balaban J connectivity index is 2.42. The van der Waals surface area contributed by atoms with E-state index in [9.17, 15) is 14.4 Å². The Morgan fingerprint density at radius 2 is 2.05 bits per heavy atom. The van der Waals surface area contributed by atoms with Gasteiger partial charge in [0, 0.05) is 4.88 Å². The van der Waals surface area contributed by atoms with Crippen molar-refractivity contribution in [3.8, 4) is 0 Å². The highest BCUT2D eigenvalue weighted by molar-refractivity contribution is 7.13. The summed E-state index contributed by atoms with van der Waals surface area (Å²) < 4.78 is 0. The molecule has 0 bridgehead atoms. The molecule has 1 aromatic heterocycles. The highest BCUT2D eigenvalue weighted by Crippen LogP contribution is 2.14. The van der Waals surface area contributed by atoms with Gasteiger partial charge < -0.3 is 15.7 Å². The molecule has 0 aliphatic carbocycles. The number of carboxylic acid groups (broad SMARTS) is 1. The van der Waals surface area contributed by atoms with E-state index < -0.39 is 17.9 Å². The van der Waals surface area contributed by atoms with Crippen LogP contribution in [0.5, 0.6) is 0 Å². The molecule has 6 nitrogen and oxygen atoms in total. The largest absolute Gasteiger partial charge is 0.480 e. The van der Waals surface area contributed by atoms with E-state index in [4.69, 9.17) is 5.11 Å². The molecule has 2 amide bonds. The van der Waals surface area contributed by atoms with E-state index in [1.54, 1.807) is 6.07 Å². The third-order valence-corrected chi connectivity index (χ3v) is 3.58. The first kappa shape index (κ1) is 16.2. The molecular weight excluding hydrogens is 280 g/mol. The summed E-state index contributed by atoms with van der Waals surface area (Å²) in [5, 5.41) is 13.8. The molecule has 110 valence electrons. The molecule has 20 heavy (non-hydrogen) atoms. The number of nitrogens with one attached hydrogen (secondary N) is 2. The fraction of sp³-hybridized carbons (Fsp3) is 0.462. The summed E-state index contributed by atoms with van der Waals surface area (Å²) in [6, 6.07) is 2.60. The Bertz CT molecular complexity index is 498. The number of carbonyl (C=O) groups excluding carboxylic acids is 2. The second-order valence-corrected chi connectivity index (χ2v) is 5.63. The van der Waals surface area contributed by atoms with Gasteiger partial charge in [0.1, 0.15) is 6.04 Å². The number of aliphatic carboxylic acids is 1. The van der Waals surface area contributed by atoms with E-state index in [0.29, 0.717) is 17.7 Å². The van der Waals surface area contributed by atoms with Gasteiger partial charge in [0.05, 0.1) is 11.4 Å². The first-order valence-corrected chi connectivity index (χ1v) is 7.12. The molecule has 0 aromatic carbocycles. The maximum absolute atomic E-state index is 11.7. The fourth-order valence-corrected chi connectivity index (χ4v) is 2.38.